The van der Waals surface area contributed by atoms with E-state index < -0.39 is 11.7 Å². The van der Waals surface area contributed by atoms with Gasteiger partial charge in [0.2, 0.25) is 0 Å². The van der Waals surface area contributed by atoms with E-state index in [1.807, 2.05) is 6.07 Å². The third kappa shape index (κ3) is 3.81. The van der Waals surface area contributed by atoms with Crippen molar-refractivity contribution < 1.29 is 13.2 Å². The Morgan fingerprint density at radius 1 is 1.20 bits per heavy atom. The second kappa shape index (κ2) is 6.13. The van der Waals surface area contributed by atoms with Gasteiger partial charge in [0.1, 0.15) is 4.34 Å². The van der Waals surface area contributed by atoms with Gasteiger partial charge < -0.3 is 5.32 Å². The first-order valence-electron chi connectivity index (χ1n) is 5.31. The molecule has 2 aromatic rings. The van der Waals surface area contributed by atoms with Crippen LogP contribution in [0, 0.1) is 0 Å². The second-order valence-corrected chi connectivity index (χ2v) is 6.88. The fraction of sp³-hybridized carbons (Fsp3) is 0.167. The van der Waals surface area contributed by atoms with Gasteiger partial charge in [-0.15, -0.1) is 11.3 Å². The lowest BCUT2D eigenvalue weighted by molar-refractivity contribution is -0.137. The quantitative estimate of drug-likeness (QED) is 0.619. The Bertz CT molecular complexity index is 608. The van der Waals surface area contributed by atoms with Gasteiger partial charge in [-0.3, -0.25) is 0 Å². The van der Waals surface area contributed by atoms with Crippen LogP contribution in [-0.2, 0) is 12.7 Å². The lowest BCUT2D eigenvalue weighted by atomic mass is 10.2. The third-order valence-electron chi connectivity index (χ3n) is 2.44. The molecule has 0 unspecified atom stereocenters. The average Bonchev–Trinajstić information content (AvgIpc) is 2.66. The Kier molecular flexibility index (Phi) is 4.89. The zero-order chi connectivity index (χ0) is 14.9. The molecule has 0 radical (unpaired) electrons. The Labute approximate surface area is 135 Å². The molecule has 108 valence electrons. The van der Waals surface area contributed by atoms with Crippen LogP contribution < -0.4 is 5.32 Å². The minimum atomic E-state index is -4.39. The molecule has 20 heavy (non-hydrogen) atoms. The Hall–Kier alpha value is -0.430. The second-order valence-electron chi connectivity index (χ2n) is 3.88. The van der Waals surface area contributed by atoms with Crippen molar-refractivity contribution in [2.45, 2.75) is 12.7 Å². The SMILES string of the molecule is FC(F)(F)c1ccc(Cl)c(NCc2cc(Br)c(Cl)s2)c1. The minimum Gasteiger partial charge on any atom is -0.379 e. The van der Waals surface area contributed by atoms with Crippen LogP contribution in [0.3, 0.4) is 0 Å². The molecule has 0 saturated heterocycles. The fourth-order valence-electron chi connectivity index (χ4n) is 1.50. The molecule has 1 aromatic carbocycles. The number of rotatable bonds is 3. The topological polar surface area (TPSA) is 12.0 Å². The van der Waals surface area contributed by atoms with Crippen molar-refractivity contribution in [3.8, 4) is 0 Å². The summed E-state index contributed by atoms with van der Waals surface area (Å²) in [6.07, 6.45) is -4.39. The molecule has 1 aromatic heterocycles. The molecule has 0 aliphatic carbocycles. The Morgan fingerprint density at radius 3 is 2.45 bits per heavy atom. The van der Waals surface area contributed by atoms with Crippen molar-refractivity contribution in [1.29, 1.82) is 0 Å². The van der Waals surface area contributed by atoms with E-state index in [9.17, 15) is 13.2 Å². The lowest BCUT2D eigenvalue weighted by Crippen LogP contribution is -2.06. The number of nitrogens with one attached hydrogen (secondary N) is 1. The molecule has 8 heteroatoms. The number of hydrogen-bond acceptors (Lipinski definition) is 2. The van der Waals surface area contributed by atoms with Crippen LogP contribution in [0.2, 0.25) is 9.36 Å². The molecule has 0 aliphatic heterocycles. The molecule has 0 saturated carbocycles. The Balaban J connectivity index is 2.16. The highest BCUT2D eigenvalue weighted by molar-refractivity contribution is 9.10. The summed E-state index contributed by atoms with van der Waals surface area (Å²) in [7, 11) is 0. The number of anilines is 1. The van der Waals surface area contributed by atoms with Crippen LogP contribution in [-0.4, -0.2) is 0 Å². The van der Waals surface area contributed by atoms with Gasteiger partial charge in [0.25, 0.3) is 0 Å². The number of hydrogen-bond donors (Lipinski definition) is 1. The molecule has 0 bridgehead atoms. The largest absolute Gasteiger partial charge is 0.416 e. The first-order valence-corrected chi connectivity index (χ1v) is 7.68. The molecule has 1 nitrogen and oxygen atoms in total. The summed E-state index contributed by atoms with van der Waals surface area (Å²) >= 11 is 16.4. The Morgan fingerprint density at radius 2 is 1.90 bits per heavy atom. The van der Waals surface area contributed by atoms with Crippen LogP contribution >= 0.6 is 50.5 Å². The van der Waals surface area contributed by atoms with Crippen molar-refractivity contribution >= 4 is 56.2 Å². The van der Waals surface area contributed by atoms with E-state index in [-0.39, 0.29) is 10.7 Å². The van der Waals surface area contributed by atoms with Crippen LogP contribution in [0.25, 0.3) is 0 Å². The van der Waals surface area contributed by atoms with E-state index in [1.54, 1.807) is 0 Å². The number of halogens is 6. The van der Waals surface area contributed by atoms with Gasteiger partial charge >= 0.3 is 6.18 Å². The molecule has 0 spiro atoms. The summed E-state index contributed by atoms with van der Waals surface area (Å²) in [6, 6.07) is 4.98. The summed E-state index contributed by atoms with van der Waals surface area (Å²) in [6.45, 7) is 0.344. The summed E-state index contributed by atoms with van der Waals surface area (Å²) in [5.41, 5.74) is -0.503. The van der Waals surface area contributed by atoms with Gasteiger partial charge in [0, 0.05) is 15.9 Å². The van der Waals surface area contributed by atoms with Crippen LogP contribution in [0.1, 0.15) is 10.4 Å². The average molecular weight is 405 g/mol. The lowest BCUT2D eigenvalue weighted by Gasteiger charge is -2.11. The van der Waals surface area contributed by atoms with Crippen LogP contribution in [0.5, 0.6) is 0 Å². The smallest absolute Gasteiger partial charge is 0.379 e. The van der Waals surface area contributed by atoms with Gasteiger partial charge in [0.05, 0.1) is 16.3 Å². The van der Waals surface area contributed by atoms with E-state index in [0.717, 1.165) is 21.5 Å². The highest BCUT2D eigenvalue weighted by Crippen LogP contribution is 2.35. The molecule has 0 atom stereocenters. The standard InChI is InChI=1S/C12H7BrCl2F3NS/c13-8-4-7(20-11(8)15)5-19-10-3-6(12(16,17)18)1-2-9(10)14/h1-4,19H,5H2. The van der Waals surface area contributed by atoms with E-state index in [0.29, 0.717) is 10.9 Å². The summed E-state index contributed by atoms with van der Waals surface area (Å²) in [4.78, 5) is 0.885. The maximum Gasteiger partial charge on any atom is 0.416 e. The van der Waals surface area contributed by atoms with Crippen molar-refractivity contribution in [3.05, 3.63) is 48.5 Å². The molecule has 0 amide bonds. The first-order chi connectivity index (χ1) is 9.27. The zero-order valence-corrected chi connectivity index (χ0v) is 13.6. The molecule has 0 aliphatic rings. The molecule has 1 heterocycles. The maximum absolute atomic E-state index is 12.6. The number of alkyl halides is 3. The van der Waals surface area contributed by atoms with E-state index >= 15 is 0 Å². The van der Waals surface area contributed by atoms with Crippen molar-refractivity contribution in [2.24, 2.45) is 0 Å². The van der Waals surface area contributed by atoms with E-state index in [4.69, 9.17) is 23.2 Å². The molecule has 0 fully saturated rings. The predicted molar refractivity (Wildman–Crippen MR) is 80.8 cm³/mol. The van der Waals surface area contributed by atoms with Crippen molar-refractivity contribution in [2.75, 3.05) is 5.32 Å². The predicted octanol–water partition coefficient (Wildman–Crippen LogP) is 6.45. The van der Waals surface area contributed by atoms with Gasteiger partial charge in [-0.05, 0) is 40.2 Å². The number of thiophene rings is 1. The highest BCUT2D eigenvalue weighted by Gasteiger charge is 2.30. The normalized spacial score (nSPS) is 11.7. The van der Waals surface area contributed by atoms with Crippen LogP contribution in [0.4, 0.5) is 18.9 Å². The van der Waals surface area contributed by atoms with Crippen molar-refractivity contribution in [3.63, 3.8) is 0 Å². The molecule has 2 rings (SSSR count). The van der Waals surface area contributed by atoms with Gasteiger partial charge in [-0.2, -0.15) is 13.2 Å². The van der Waals surface area contributed by atoms with Crippen molar-refractivity contribution in [1.82, 2.24) is 0 Å². The zero-order valence-electron chi connectivity index (χ0n) is 9.69. The van der Waals surface area contributed by atoms with E-state index in [1.165, 1.54) is 17.4 Å². The molecule has 1 N–H and O–H groups in total. The molecular weight excluding hydrogens is 398 g/mol. The highest BCUT2D eigenvalue weighted by atomic mass is 79.9. The first kappa shape index (κ1) is 15.9. The maximum atomic E-state index is 12.6. The van der Waals surface area contributed by atoms with Gasteiger partial charge in [-0.1, -0.05) is 23.2 Å². The number of benzene rings is 1. The summed E-state index contributed by atoms with van der Waals surface area (Å²) in [5.74, 6) is 0. The van der Waals surface area contributed by atoms with Gasteiger partial charge in [-0.25, -0.2) is 0 Å². The van der Waals surface area contributed by atoms with Gasteiger partial charge in [0.15, 0.2) is 0 Å². The summed E-state index contributed by atoms with van der Waals surface area (Å²) < 4.78 is 39.2. The summed E-state index contributed by atoms with van der Waals surface area (Å²) in [5, 5.41) is 3.12. The van der Waals surface area contributed by atoms with Crippen LogP contribution in [0.15, 0.2) is 28.7 Å². The molecular formula is C12H7BrCl2F3NS. The minimum absolute atomic E-state index is 0.236. The third-order valence-corrected chi connectivity index (χ3v) is 5.25. The fourth-order valence-corrected chi connectivity index (χ4v) is 3.41. The monoisotopic (exact) mass is 403 g/mol. The van der Waals surface area contributed by atoms with E-state index in [2.05, 4.69) is 21.2 Å².